The van der Waals surface area contributed by atoms with E-state index < -0.39 is 4.92 Å². The minimum Gasteiger partial charge on any atom is -0.323 e. The van der Waals surface area contributed by atoms with Gasteiger partial charge in [-0.3, -0.25) is 20.0 Å². The summed E-state index contributed by atoms with van der Waals surface area (Å²) in [6.45, 7) is 0. The summed E-state index contributed by atoms with van der Waals surface area (Å²) in [4.78, 5) is 26.0. The fraction of sp³-hybridized carbons (Fsp3) is 0.273. The Labute approximate surface area is 177 Å². The number of nitro groups is 1. The zero-order chi connectivity index (χ0) is 20.8. The van der Waals surface area contributed by atoms with E-state index in [0.717, 1.165) is 42.4 Å². The standard InChI is InChI=1S/C22H19ClN4O3/c23-15-9-5-13(6-10-15)19-18-20(25-24-19)22(28)26(16-3-1-2-4-16)21(18)14-7-11-17(12-8-14)27(29)30/h5-12,16,21H,1-4H2,(H,24,25). The Morgan fingerprint density at radius 1 is 1.07 bits per heavy atom. The van der Waals surface area contributed by atoms with Gasteiger partial charge in [-0.2, -0.15) is 5.10 Å². The molecular weight excluding hydrogens is 404 g/mol. The maximum atomic E-state index is 13.4. The summed E-state index contributed by atoms with van der Waals surface area (Å²) in [5.74, 6) is -0.0621. The van der Waals surface area contributed by atoms with E-state index in [1.807, 2.05) is 17.0 Å². The van der Waals surface area contributed by atoms with Crippen molar-refractivity contribution < 1.29 is 9.72 Å². The third kappa shape index (κ3) is 2.97. The van der Waals surface area contributed by atoms with Crippen LogP contribution < -0.4 is 0 Å². The van der Waals surface area contributed by atoms with E-state index in [0.29, 0.717) is 16.4 Å². The molecule has 1 N–H and O–H groups in total. The minimum atomic E-state index is -0.416. The number of H-pyrrole nitrogens is 1. The molecule has 1 saturated carbocycles. The number of fused-ring (bicyclic) bond motifs is 1. The quantitative estimate of drug-likeness (QED) is 0.466. The van der Waals surface area contributed by atoms with Crippen molar-refractivity contribution in [1.29, 1.82) is 0 Å². The molecule has 2 aliphatic rings. The lowest BCUT2D eigenvalue weighted by Crippen LogP contribution is -2.37. The van der Waals surface area contributed by atoms with Crippen LogP contribution in [0.2, 0.25) is 5.02 Å². The molecule has 1 aromatic heterocycles. The number of nitro benzene ring substituents is 1. The van der Waals surface area contributed by atoms with Gasteiger partial charge in [0, 0.05) is 34.3 Å². The van der Waals surface area contributed by atoms with E-state index in [2.05, 4.69) is 10.2 Å². The highest BCUT2D eigenvalue weighted by molar-refractivity contribution is 6.30. The zero-order valence-electron chi connectivity index (χ0n) is 16.0. The maximum absolute atomic E-state index is 13.4. The lowest BCUT2D eigenvalue weighted by molar-refractivity contribution is -0.384. The Balaban J connectivity index is 1.65. The molecule has 152 valence electrons. The molecule has 0 saturated heterocycles. The average molecular weight is 423 g/mol. The highest BCUT2D eigenvalue weighted by Crippen LogP contribution is 2.46. The van der Waals surface area contributed by atoms with Crippen molar-refractivity contribution in [2.75, 3.05) is 0 Å². The maximum Gasteiger partial charge on any atom is 0.273 e. The molecule has 30 heavy (non-hydrogen) atoms. The fourth-order valence-electron chi connectivity index (χ4n) is 4.66. The van der Waals surface area contributed by atoms with E-state index in [4.69, 9.17) is 11.6 Å². The van der Waals surface area contributed by atoms with Gasteiger partial charge >= 0.3 is 0 Å². The first-order valence-corrected chi connectivity index (χ1v) is 10.3. The van der Waals surface area contributed by atoms with Gasteiger partial charge in [-0.15, -0.1) is 0 Å². The van der Waals surface area contributed by atoms with Gasteiger partial charge in [0.15, 0.2) is 0 Å². The SMILES string of the molecule is O=C1c2[nH]nc(-c3ccc(Cl)cc3)c2C(c2ccc([N+](=O)[O-])cc2)N1C1CCCC1. The lowest BCUT2D eigenvalue weighted by atomic mass is 9.95. The molecule has 0 radical (unpaired) electrons. The van der Waals surface area contributed by atoms with Crippen molar-refractivity contribution in [3.63, 3.8) is 0 Å². The predicted octanol–water partition coefficient (Wildman–Crippen LogP) is 5.13. The molecule has 7 nitrogen and oxygen atoms in total. The van der Waals surface area contributed by atoms with Crippen LogP contribution in [-0.2, 0) is 0 Å². The zero-order valence-corrected chi connectivity index (χ0v) is 16.8. The van der Waals surface area contributed by atoms with Gasteiger partial charge in [0.1, 0.15) is 5.69 Å². The minimum absolute atomic E-state index is 0.0285. The van der Waals surface area contributed by atoms with Crippen LogP contribution in [0, 0.1) is 10.1 Å². The second kappa shape index (κ2) is 7.25. The van der Waals surface area contributed by atoms with Gasteiger partial charge in [0.2, 0.25) is 0 Å². The first-order chi connectivity index (χ1) is 14.5. The summed E-state index contributed by atoms with van der Waals surface area (Å²) in [6, 6.07) is 13.6. The molecule has 1 atom stereocenters. The summed E-state index contributed by atoms with van der Waals surface area (Å²) in [7, 11) is 0. The molecule has 2 heterocycles. The van der Waals surface area contributed by atoms with Crippen molar-refractivity contribution in [3.05, 3.63) is 80.5 Å². The topological polar surface area (TPSA) is 92.1 Å². The summed E-state index contributed by atoms with van der Waals surface area (Å²) in [6.07, 6.45) is 4.11. The third-order valence-corrected chi connectivity index (χ3v) is 6.31. The van der Waals surface area contributed by atoms with Crippen molar-refractivity contribution >= 4 is 23.2 Å². The largest absolute Gasteiger partial charge is 0.323 e. The van der Waals surface area contributed by atoms with Crippen LogP contribution in [0.25, 0.3) is 11.3 Å². The third-order valence-electron chi connectivity index (χ3n) is 6.06. The Morgan fingerprint density at radius 3 is 2.37 bits per heavy atom. The van der Waals surface area contributed by atoms with Crippen LogP contribution in [0.4, 0.5) is 5.69 Å². The van der Waals surface area contributed by atoms with Crippen LogP contribution in [-0.4, -0.2) is 32.0 Å². The summed E-state index contributed by atoms with van der Waals surface area (Å²) in [5.41, 5.74) is 3.76. The smallest absolute Gasteiger partial charge is 0.273 e. The molecule has 1 aliphatic heterocycles. The molecule has 3 aromatic rings. The molecule has 1 amide bonds. The molecule has 1 fully saturated rings. The van der Waals surface area contributed by atoms with Crippen LogP contribution in [0.15, 0.2) is 48.5 Å². The molecule has 1 aliphatic carbocycles. The van der Waals surface area contributed by atoms with Crippen LogP contribution in [0.5, 0.6) is 0 Å². The van der Waals surface area contributed by atoms with Crippen molar-refractivity contribution in [3.8, 4) is 11.3 Å². The van der Waals surface area contributed by atoms with Crippen LogP contribution in [0.1, 0.15) is 53.3 Å². The first kappa shape index (κ1) is 18.8. The number of rotatable bonds is 4. The number of hydrogen-bond acceptors (Lipinski definition) is 4. The number of carbonyl (C=O) groups is 1. The molecule has 0 spiro atoms. The molecule has 8 heteroatoms. The van der Waals surface area contributed by atoms with Gasteiger partial charge in [-0.25, -0.2) is 0 Å². The number of non-ortho nitro benzene ring substituents is 1. The van der Waals surface area contributed by atoms with Crippen molar-refractivity contribution in [2.24, 2.45) is 0 Å². The number of aromatic nitrogens is 2. The Bertz CT molecular complexity index is 1120. The molecule has 0 bridgehead atoms. The molecule has 5 rings (SSSR count). The lowest BCUT2D eigenvalue weighted by Gasteiger charge is -2.31. The molecule has 1 unspecified atom stereocenters. The van der Waals surface area contributed by atoms with E-state index in [9.17, 15) is 14.9 Å². The Morgan fingerprint density at radius 2 is 1.73 bits per heavy atom. The van der Waals surface area contributed by atoms with Gasteiger partial charge in [0.25, 0.3) is 11.6 Å². The van der Waals surface area contributed by atoms with E-state index in [1.54, 1.807) is 24.3 Å². The number of benzene rings is 2. The summed E-state index contributed by atoms with van der Waals surface area (Å²) in [5, 5.41) is 19.1. The number of nitrogens with one attached hydrogen (secondary N) is 1. The van der Waals surface area contributed by atoms with Gasteiger partial charge in [-0.05, 0) is 42.7 Å². The second-order valence-corrected chi connectivity index (χ2v) is 8.21. The van der Waals surface area contributed by atoms with Crippen LogP contribution >= 0.6 is 11.6 Å². The Kier molecular flexibility index (Phi) is 4.55. The first-order valence-electron chi connectivity index (χ1n) is 9.96. The molecular formula is C22H19ClN4O3. The van der Waals surface area contributed by atoms with Gasteiger partial charge < -0.3 is 4.90 Å². The van der Waals surface area contributed by atoms with Gasteiger partial charge in [-0.1, -0.05) is 36.6 Å². The average Bonchev–Trinajstić information content (AvgIpc) is 3.47. The predicted molar refractivity (Wildman–Crippen MR) is 112 cm³/mol. The van der Waals surface area contributed by atoms with Crippen LogP contribution in [0.3, 0.4) is 0 Å². The number of amides is 1. The molecule has 2 aromatic carbocycles. The van der Waals surface area contributed by atoms with Gasteiger partial charge in [0.05, 0.1) is 16.7 Å². The van der Waals surface area contributed by atoms with E-state index in [-0.39, 0.29) is 23.7 Å². The van der Waals surface area contributed by atoms with Crippen molar-refractivity contribution in [1.82, 2.24) is 15.1 Å². The van der Waals surface area contributed by atoms with E-state index >= 15 is 0 Å². The van der Waals surface area contributed by atoms with E-state index in [1.165, 1.54) is 12.1 Å². The second-order valence-electron chi connectivity index (χ2n) is 7.77. The van der Waals surface area contributed by atoms with Crippen molar-refractivity contribution in [2.45, 2.75) is 37.8 Å². The number of aromatic amines is 1. The highest BCUT2D eigenvalue weighted by Gasteiger charge is 2.45. The number of carbonyl (C=O) groups excluding carboxylic acids is 1. The summed E-state index contributed by atoms with van der Waals surface area (Å²) >= 11 is 6.04. The normalized spacial score (nSPS) is 18.8. The number of halogens is 1. The number of hydrogen-bond donors (Lipinski definition) is 1. The number of nitrogens with zero attached hydrogens (tertiary/aromatic N) is 3. The Hall–Kier alpha value is -3.19. The monoisotopic (exact) mass is 422 g/mol. The fourth-order valence-corrected chi connectivity index (χ4v) is 4.78. The highest BCUT2D eigenvalue weighted by atomic mass is 35.5. The summed E-state index contributed by atoms with van der Waals surface area (Å²) < 4.78 is 0.